The average molecular weight is 427 g/mol. The molecule has 8 nitrogen and oxygen atoms in total. The molecule has 1 N–H and O–H groups in total. The van der Waals surface area contributed by atoms with Crippen LogP contribution in [-0.4, -0.2) is 33.1 Å². The maximum Gasteiger partial charge on any atom is 0.257 e. The van der Waals surface area contributed by atoms with E-state index < -0.39 is 22.5 Å². The van der Waals surface area contributed by atoms with Crippen LogP contribution in [0.5, 0.6) is 5.75 Å². The molecule has 0 radical (unpaired) electrons. The number of hydrogen-bond acceptors (Lipinski definition) is 6. The fraction of sp³-hybridized carbons (Fsp3) is 0.143. The molecule has 0 bridgehead atoms. The Morgan fingerprint density at radius 1 is 1.17 bits per heavy atom. The van der Waals surface area contributed by atoms with E-state index in [1.54, 1.807) is 61.5 Å². The second kappa shape index (κ2) is 9.27. The Morgan fingerprint density at radius 2 is 1.87 bits per heavy atom. The molecule has 0 saturated carbocycles. The number of methoxy groups -OCH3 is 1. The number of aryl methyl sites for hydroxylation is 1. The van der Waals surface area contributed by atoms with Gasteiger partial charge in [0.1, 0.15) is 18.1 Å². The molecule has 0 aliphatic carbocycles. The highest BCUT2D eigenvalue weighted by Gasteiger charge is 2.23. The summed E-state index contributed by atoms with van der Waals surface area (Å²) in [5.41, 5.74) is 1.04. The van der Waals surface area contributed by atoms with E-state index in [0.717, 1.165) is 15.3 Å². The van der Waals surface area contributed by atoms with Crippen molar-refractivity contribution in [1.82, 2.24) is 5.16 Å². The maximum atomic E-state index is 13.0. The summed E-state index contributed by atoms with van der Waals surface area (Å²) in [4.78, 5) is 12.5. The molecule has 0 fully saturated rings. The SMILES string of the molecule is COc1ccc(N(CC(=O)Nc2cc(C)on2)S(=O)(=O)/C=C/c2ccccc2)cc1. The summed E-state index contributed by atoms with van der Waals surface area (Å²) >= 11 is 0. The van der Waals surface area contributed by atoms with E-state index in [2.05, 4.69) is 10.5 Å². The van der Waals surface area contributed by atoms with Crippen LogP contribution in [-0.2, 0) is 14.8 Å². The first-order valence-corrected chi connectivity index (χ1v) is 10.5. The van der Waals surface area contributed by atoms with E-state index in [1.807, 2.05) is 6.07 Å². The van der Waals surface area contributed by atoms with Crippen LogP contribution in [0.15, 0.2) is 70.6 Å². The zero-order valence-electron chi connectivity index (χ0n) is 16.5. The lowest BCUT2D eigenvalue weighted by atomic mass is 10.2. The zero-order chi connectivity index (χ0) is 21.6. The number of aromatic nitrogens is 1. The standard InChI is InChI=1S/C21H21N3O5S/c1-16-14-20(23-29-16)22-21(25)15-24(18-8-10-19(28-2)11-9-18)30(26,27)13-12-17-6-4-3-5-7-17/h3-14H,15H2,1-2H3,(H,22,23,25)/b13-12+. The number of carbonyl (C=O) groups is 1. The number of rotatable bonds is 8. The van der Waals surface area contributed by atoms with Crippen LogP contribution in [0.2, 0.25) is 0 Å². The molecule has 2 aromatic carbocycles. The van der Waals surface area contributed by atoms with Crippen LogP contribution >= 0.6 is 0 Å². The fourth-order valence-electron chi connectivity index (χ4n) is 2.62. The number of sulfonamides is 1. The van der Waals surface area contributed by atoms with Gasteiger partial charge in [0, 0.05) is 6.07 Å². The molecule has 9 heteroatoms. The van der Waals surface area contributed by atoms with Crippen molar-refractivity contribution in [3.05, 3.63) is 77.4 Å². The van der Waals surface area contributed by atoms with E-state index >= 15 is 0 Å². The smallest absolute Gasteiger partial charge is 0.257 e. The molecule has 0 atom stereocenters. The van der Waals surface area contributed by atoms with Crippen molar-refractivity contribution in [1.29, 1.82) is 0 Å². The number of nitrogens with zero attached hydrogens (tertiary/aromatic N) is 2. The second-order valence-electron chi connectivity index (χ2n) is 6.33. The summed E-state index contributed by atoms with van der Waals surface area (Å²) in [7, 11) is -2.45. The number of carbonyl (C=O) groups excluding carboxylic acids is 1. The topological polar surface area (TPSA) is 102 Å². The highest BCUT2D eigenvalue weighted by Crippen LogP contribution is 2.23. The number of anilines is 2. The van der Waals surface area contributed by atoms with Gasteiger partial charge < -0.3 is 14.6 Å². The Morgan fingerprint density at radius 3 is 2.47 bits per heavy atom. The summed E-state index contributed by atoms with van der Waals surface area (Å²) in [6.07, 6.45) is 1.48. The van der Waals surface area contributed by atoms with E-state index in [1.165, 1.54) is 13.2 Å². The van der Waals surface area contributed by atoms with E-state index in [4.69, 9.17) is 9.26 Å². The van der Waals surface area contributed by atoms with Crippen LogP contribution in [0.4, 0.5) is 11.5 Å². The first-order valence-electron chi connectivity index (χ1n) is 9.00. The van der Waals surface area contributed by atoms with Gasteiger partial charge >= 0.3 is 0 Å². The maximum absolute atomic E-state index is 13.0. The van der Waals surface area contributed by atoms with Gasteiger partial charge in [-0.3, -0.25) is 9.10 Å². The van der Waals surface area contributed by atoms with Crippen molar-refractivity contribution < 1.29 is 22.5 Å². The molecule has 0 spiro atoms. The molecule has 1 amide bonds. The van der Waals surface area contributed by atoms with Gasteiger partial charge in [-0.1, -0.05) is 35.5 Å². The Labute approximate surface area is 174 Å². The largest absolute Gasteiger partial charge is 0.497 e. The van der Waals surface area contributed by atoms with Gasteiger partial charge in [-0.2, -0.15) is 0 Å². The van der Waals surface area contributed by atoms with Gasteiger partial charge in [-0.05, 0) is 42.8 Å². The summed E-state index contributed by atoms with van der Waals surface area (Å²) in [5.74, 6) is 0.745. The molecular weight excluding hydrogens is 406 g/mol. The molecule has 0 aliphatic heterocycles. The van der Waals surface area contributed by atoms with Gasteiger partial charge in [-0.25, -0.2) is 8.42 Å². The number of hydrogen-bond donors (Lipinski definition) is 1. The molecule has 30 heavy (non-hydrogen) atoms. The normalized spacial score (nSPS) is 11.4. The number of ether oxygens (including phenoxy) is 1. The third-order valence-electron chi connectivity index (χ3n) is 4.08. The molecule has 0 unspecified atom stereocenters. The molecule has 156 valence electrons. The lowest BCUT2D eigenvalue weighted by Gasteiger charge is -2.22. The summed E-state index contributed by atoms with van der Waals surface area (Å²) in [5, 5.41) is 7.29. The van der Waals surface area contributed by atoms with Gasteiger partial charge in [-0.15, -0.1) is 0 Å². The van der Waals surface area contributed by atoms with Crippen LogP contribution in [0.3, 0.4) is 0 Å². The molecular formula is C21H21N3O5S. The van der Waals surface area contributed by atoms with Gasteiger partial charge in [0.2, 0.25) is 5.91 Å². The Hall–Kier alpha value is -3.59. The third kappa shape index (κ3) is 5.48. The summed E-state index contributed by atoms with van der Waals surface area (Å²) in [6.45, 7) is 1.24. The molecule has 0 saturated heterocycles. The zero-order valence-corrected chi connectivity index (χ0v) is 17.3. The minimum atomic E-state index is -3.97. The van der Waals surface area contributed by atoms with Gasteiger partial charge in [0.25, 0.3) is 10.0 Å². The first-order chi connectivity index (χ1) is 14.4. The number of benzene rings is 2. The third-order valence-corrected chi connectivity index (χ3v) is 5.52. The van der Waals surface area contributed by atoms with Gasteiger partial charge in [0.05, 0.1) is 18.2 Å². The highest BCUT2D eigenvalue weighted by atomic mass is 32.2. The molecule has 0 aliphatic rings. The van der Waals surface area contributed by atoms with Crippen molar-refractivity contribution in [3.63, 3.8) is 0 Å². The van der Waals surface area contributed by atoms with Crippen molar-refractivity contribution >= 4 is 33.5 Å². The molecule has 1 heterocycles. The van der Waals surface area contributed by atoms with Gasteiger partial charge in [0.15, 0.2) is 5.82 Å². The number of amides is 1. The fourth-order valence-corrected chi connectivity index (χ4v) is 3.81. The van der Waals surface area contributed by atoms with E-state index in [0.29, 0.717) is 17.2 Å². The van der Waals surface area contributed by atoms with Crippen LogP contribution in [0, 0.1) is 6.92 Å². The van der Waals surface area contributed by atoms with Crippen LogP contribution < -0.4 is 14.4 Å². The van der Waals surface area contributed by atoms with Crippen molar-refractivity contribution in [3.8, 4) is 5.75 Å². The monoisotopic (exact) mass is 427 g/mol. The van der Waals surface area contributed by atoms with Crippen molar-refractivity contribution in [2.24, 2.45) is 0 Å². The highest BCUT2D eigenvalue weighted by molar-refractivity contribution is 7.95. The second-order valence-corrected chi connectivity index (χ2v) is 8.08. The van der Waals surface area contributed by atoms with Crippen LogP contribution in [0.1, 0.15) is 11.3 Å². The predicted molar refractivity (Wildman–Crippen MR) is 115 cm³/mol. The van der Waals surface area contributed by atoms with E-state index in [-0.39, 0.29) is 5.82 Å². The predicted octanol–water partition coefficient (Wildman–Crippen LogP) is 3.44. The van der Waals surface area contributed by atoms with Crippen molar-refractivity contribution in [2.45, 2.75) is 6.92 Å². The quantitative estimate of drug-likeness (QED) is 0.591. The Kier molecular flexibility index (Phi) is 6.53. The average Bonchev–Trinajstić information content (AvgIpc) is 3.16. The first kappa shape index (κ1) is 21.1. The lowest BCUT2D eigenvalue weighted by Crippen LogP contribution is -2.37. The molecule has 3 aromatic rings. The summed E-state index contributed by atoms with van der Waals surface area (Å²) in [6, 6.07) is 16.9. The van der Waals surface area contributed by atoms with E-state index in [9.17, 15) is 13.2 Å². The minimum Gasteiger partial charge on any atom is -0.497 e. The Bertz CT molecular complexity index is 1120. The molecule has 1 aromatic heterocycles. The number of nitrogens with one attached hydrogen (secondary N) is 1. The Balaban J connectivity index is 1.87. The summed E-state index contributed by atoms with van der Waals surface area (Å²) < 4.78 is 37.1. The lowest BCUT2D eigenvalue weighted by molar-refractivity contribution is -0.114. The van der Waals surface area contributed by atoms with Crippen LogP contribution in [0.25, 0.3) is 6.08 Å². The van der Waals surface area contributed by atoms with Crippen molar-refractivity contribution in [2.75, 3.05) is 23.3 Å². The molecule has 3 rings (SSSR count). The minimum absolute atomic E-state index is 0.212.